The van der Waals surface area contributed by atoms with Gasteiger partial charge in [0.15, 0.2) is 5.69 Å². The molecule has 0 spiro atoms. The number of H-pyrrole nitrogens is 1. The summed E-state index contributed by atoms with van der Waals surface area (Å²) in [6.07, 6.45) is 0. The van der Waals surface area contributed by atoms with Crippen molar-refractivity contribution in [3.05, 3.63) is 56.6 Å². The van der Waals surface area contributed by atoms with Gasteiger partial charge in [0.25, 0.3) is 15.6 Å². The van der Waals surface area contributed by atoms with E-state index in [1.807, 2.05) is 0 Å². The SMILES string of the molecule is NC(=O)c1cccc(S(=O)(=O)NC(=O)Nc2cscc2-c2nc(C(=O)O)c(O)c(=O)[nH]2)c1. The summed E-state index contributed by atoms with van der Waals surface area (Å²) >= 11 is 1.03. The summed E-state index contributed by atoms with van der Waals surface area (Å²) in [5, 5.41) is 23.6. The molecule has 3 amide bonds. The van der Waals surface area contributed by atoms with E-state index < -0.39 is 44.9 Å². The number of amides is 3. The number of nitrogens with zero attached hydrogens (tertiary/aromatic N) is 1. The number of aromatic nitrogens is 2. The van der Waals surface area contributed by atoms with Crippen molar-refractivity contribution in [2.45, 2.75) is 4.90 Å². The molecule has 2 heterocycles. The molecule has 3 aromatic rings. The van der Waals surface area contributed by atoms with Crippen LogP contribution in [0, 0.1) is 0 Å². The van der Waals surface area contributed by atoms with Crippen LogP contribution in [0.3, 0.4) is 0 Å². The summed E-state index contributed by atoms with van der Waals surface area (Å²) in [6.45, 7) is 0. The summed E-state index contributed by atoms with van der Waals surface area (Å²) < 4.78 is 26.6. The number of benzene rings is 1. The zero-order valence-corrected chi connectivity index (χ0v) is 17.3. The van der Waals surface area contributed by atoms with Crippen molar-refractivity contribution in [2.24, 2.45) is 5.73 Å². The van der Waals surface area contributed by atoms with Gasteiger partial charge in [-0.15, -0.1) is 11.3 Å². The number of rotatable bonds is 6. The van der Waals surface area contributed by atoms with Gasteiger partial charge in [0.1, 0.15) is 5.82 Å². The first-order valence-electron chi connectivity index (χ1n) is 8.36. The lowest BCUT2D eigenvalue weighted by molar-refractivity contribution is 0.0686. The molecule has 0 saturated heterocycles. The molecule has 0 saturated carbocycles. The molecule has 32 heavy (non-hydrogen) atoms. The average molecular weight is 479 g/mol. The molecule has 0 bridgehead atoms. The van der Waals surface area contributed by atoms with Gasteiger partial charge in [-0.2, -0.15) is 0 Å². The number of sulfonamides is 1. The highest BCUT2D eigenvalue weighted by molar-refractivity contribution is 7.90. The predicted molar refractivity (Wildman–Crippen MR) is 111 cm³/mol. The van der Waals surface area contributed by atoms with Gasteiger partial charge in [-0.1, -0.05) is 6.07 Å². The number of hydrogen-bond acceptors (Lipinski definition) is 9. The number of nitrogens with one attached hydrogen (secondary N) is 3. The number of primary amides is 1. The van der Waals surface area contributed by atoms with Gasteiger partial charge in [-0.25, -0.2) is 27.7 Å². The second-order valence-corrected chi connectivity index (χ2v) is 8.49. The standard InChI is InChI=1S/C17H13N5O8S2/c18-13(24)7-2-1-3-8(4-7)32(29,30)22-17(28)19-10-6-31-5-9(10)14-20-11(16(26)27)12(23)15(25)21-14/h1-6,23H,(H2,18,24)(H,26,27)(H2,19,22,28)(H,20,21,25). The van der Waals surface area contributed by atoms with E-state index in [-0.39, 0.29) is 27.5 Å². The lowest BCUT2D eigenvalue weighted by Gasteiger charge is -2.10. The first-order chi connectivity index (χ1) is 15.0. The second kappa shape index (κ2) is 8.48. The van der Waals surface area contributed by atoms with Gasteiger partial charge in [0.2, 0.25) is 11.7 Å². The van der Waals surface area contributed by atoms with E-state index in [9.17, 15) is 32.7 Å². The predicted octanol–water partition coefficient (Wildman–Crippen LogP) is 0.512. The van der Waals surface area contributed by atoms with E-state index in [4.69, 9.17) is 10.8 Å². The molecule has 166 valence electrons. The van der Waals surface area contributed by atoms with Crippen molar-refractivity contribution in [3.8, 4) is 17.1 Å². The smallest absolute Gasteiger partial charge is 0.358 e. The number of carbonyl (C=O) groups is 3. The molecule has 7 N–H and O–H groups in total. The Hall–Kier alpha value is -4.24. The number of hydrogen-bond donors (Lipinski definition) is 6. The fraction of sp³-hybridized carbons (Fsp3) is 0. The maximum atomic E-state index is 12.4. The van der Waals surface area contributed by atoms with Crippen LogP contribution in [-0.2, 0) is 10.0 Å². The van der Waals surface area contributed by atoms with Crippen LogP contribution in [0.25, 0.3) is 11.4 Å². The van der Waals surface area contributed by atoms with Crippen LogP contribution < -0.4 is 21.3 Å². The van der Waals surface area contributed by atoms with Crippen molar-refractivity contribution in [3.63, 3.8) is 0 Å². The zero-order valence-electron chi connectivity index (χ0n) is 15.6. The molecule has 13 nitrogen and oxygen atoms in total. The van der Waals surface area contributed by atoms with Crippen LogP contribution in [0.1, 0.15) is 20.8 Å². The number of carbonyl (C=O) groups excluding carboxylic acids is 2. The summed E-state index contributed by atoms with van der Waals surface area (Å²) in [5.41, 5.74) is 3.09. The van der Waals surface area contributed by atoms with Gasteiger partial charge < -0.3 is 26.2 Å². The Labute approximate surface area is 182 Å². The first kappa shape index (κ1) is 22.4. The third-order valence-corrected chi connectivity index (χ3v) is 5.99. The summed E-state index contributed by atoms with van der Waals surface area (Å²) in [7, 11) is -4.38. The minimum atomic E-state index is -4.38. The van der Waals surface area contributed by atoms with E-state index in [0.29, 0.717) is 0 Å². The number of nitrogens with two attached hydrogens (primary N) is 1. The Morgan fingerprint density at radius 3 is 2.56 bits per heavy atom. The quantitative estimate of drug-likeness (QED) is 0.289. The van der Waals surface area contributed by atoms with Gasteiger partial charge in [-0.05, 0) is 18.2 Å². The van der Waals surface area contributed by atoms with Crippen molar-refractivity contribution >= 4 is 45.0 Å². The third-order valence-electron chi connectivity index (χ3n) is 3.92. The van der Waals surface area contributed by atoms with E-state index in [1.165, 1.54) is 22.9 Å². The highest BCUT2D eigenvalue weighted by Gasteiger charge is 2.22. The second-order valence-electron chi connectivity index (χ2n) is 6.07. The molecule has 0 fully saturated rings. The molecule has 0 atom stereocenters. The van der Waals surface area contributed by atoms with E-state index >= 15 is 0 Å². The minimum Gasteiger partial charge on any atom is -0.501 e. The minimum absolute atomic E-state index is 0.00114. The Balaban J connectivity index is 1.86. The van der Waals surface area contributed by atoms with Crippen molar-refractivity contribution in [2.75, 3.05) is 5.32 Å². The fourth-order valence-electron chi connectivity index (χ4n) is 2.47. The number of carboxylic acids is 1. The van der Waals surface area contributed by atoms with Gasteiger partial charge >= 0.3 is 12.0 Å². The fourth-order valence-corrected chi connectivity index (χ4v) is 4.18. The summed E-state index contributed by atoms with van der Waals surface area (Å²) in [4.78, 5) is 51.9. The average Bonchev–Trinajstić information content (AvgIpc) is 3.17. The normalized spacial score (nSPS) is 11.0. The lowest BCUT2D eigenvalue weighted by atomic mass is 10.2. The Morgan fingerprint density at radius 2 is 1.91 bits per heavy atom. The molecule has 1 aromatic carbocycles. The summed E-state index contributed by atoms with van der Waals surface area (Å²) in [6, 6.07) is 3.53. The van der Waals surface area contributed by atoms with E-state index in [0.717, 1.165) is 23.5 Å². The topological polar surface area (TPSA) is 222 Å². The number of aromatic carboxylic acids is 1. The molecule has 0 radical (unpaired) electrons. The Morgan fingerprint density at radius 1 is 1.19 bits per heavy atom. The molecule has 2 aromatic heterocycles. The number of carboxylic acid groups (broad SMARTS) is 1. The zero-order chi connectivity index (χ0) is 23.6. The first-order valence-corrected chi connectivity index (χ1v) is 10.8. The monoisotopic (exact) mass is 479 g/mol. The van der Waals surface area contributed by atoms with Crippen LogP contribution in [0.4, 0.5) is 10.5 Å². The van der Waals surface area contributed by atoms with Crippen molar-refractivity contribution in [1.29, 1.82) is 0 Å². The number of aromatic amines is 1. The van der Waals surface area contributed by atoms with E-state index in [2.05, 4.69) is 15.3 Å². The lowest BCUT2D eigenvalue weighted by Crippen LogP contribution is -2.34. The molecule has 15 heteroatoms. The van der Waals surface area contributed by atoms with E-state index in [1.54, 1.807) is 4.72 Å². The highest BCUT2D eigenvalue weighted by Crippen LogP contribution is 2.29. The molecule has 0 aliphatic heterocycles. The van der Waals surface area contributed by atoms with Crippen molar-refractivity contribution < 1.29 is 33.0 Å². The van der Waals surface area contributed by atoms with Gasteiger partial charge in [0, 0.05) is 16.3 Å². The molecular formula is C17H13N5O8S2. The Kier molecular flexibility index (Phi) is 5.95. The van der Waals surface area contributed by atoms with Crippen LogP contribution in [-0.4, -0.2) is 46.5 Å². The Bertz CT molecular complexity index is 1410. The van der Waals surface area contributed by atoms with Crippen molar-refractivity contribution in [1.82, 2.24) is 14.7 Å². The maximum Gasteiger partial charge on any atom is 0.358 e. The third kappa shape index (κ3) is 4.57. The van der Waals surface area contributed by atoms with Crippen LogP contribution in [0.5, 0.6) is 5.75 Å². The molecule has 0 aliphatic rings. The van der Waals surface area contributed by atoms with Gasteiger partial charge in [-0.3, -0.25) is 9.59 Å². The number of aromatic hydroxyl groups is 1. The number of anilines is 1. The largest absolute Gasteiger partial charge is 0.501 e. The maximum absolute atomic E-state index is 12.4. The highest BCUT2D eigenvalue weighted by atomic mass is 32.2. The molecule has 0 aliphatic carbocycles. The van der Waals surface area contributed by atoms with Crippen LogP contribution >= 0.6 is 11.3 Å². The molecule has 0 unspecified atom stereocenters. The van der Waals surface area contributed by atoms with Gasteiger partial charge in [0.05, 0.1) is 16.1 Å². The van der Waals surface area contributed by atoms with Crippen LogP contribution in [0.2, 0.25) is 0 Å². The number of urea groups is 1. The number of thiophene rings is 1. The summed E-state index contributed by atoms with van der Waals surface area (Å²) in [5.74, 6) is -3.88. The molecular weight excluding hydrogens is 466 g/mol. The van der Waals surface area contributed by atoms with Crippen LogP contribution in [0.15, 0.2) is 44.7 Å². The molecule has 3 rings (SSSR count).